The average Bonchev–Trinajstić information content (AvgIpc) is 2.38. The summed E-state index contributed by atoms with van der Waals surface area (Å²) in [4.78, 5) is 25.8. The smallest absolute Gasteiger partial charge is 0.241 e. The minimum Gasteiger partial charge on any atom is -0.350 e. The Kier molecular flexibility index (Phi) is 6.56. The largest absolute Gasteiger partial charge is 0.350 e. The van der Waals surface area contributed by atoms with Crippen LogP contribution in [0.15, 0.2) is 28.7 Å². The second kappa shape index (κ2) is 7.74. The fraction of sp³-hybridized carbons (Fsp3) is 0.500. The molecule has 22 heavy (non-hydrogen) atoms. The summed E-state index contributed by atoms with van der Waals surface area (Å²) in [7, 11) is 1.76. The van der Waals surface area contributed by atoms with Crippen LogP contribution in [-0.4, -0.2) is 41.9 Å². The Labute approximate surface area is 140 Å². The molecule has 0 aliphatic rings. The van der Waals surface area contributed by atoms with Gasteiger partial charge in [0.1, 0.15) is 0 Å². The summed E-state index contributed by atoms with van der Waals surface area (Å²) in [6, 6.07) is 6.96. The lowest BCUT2D eigenvalue weighted by molar-refractivity contribution is -0.125. The van der Waals surface area contributed by atoms with Gasteiger partial charge in [-0.3, -0.25) is 14.5 Å². The maximum absolute atomic E-state index is 12.2. The summed E-state index contributed by atoms with van der Waals surface area (Å²) in [6.45, 7) is 7.72. The van der Waals surface area contributed by atoms with Gasteiger partial charge in [0.05, 0.1) is 12.6 Å². The van der Waals surface area contributed by atoms with Gasteiger partial charge in [0, 0.05) is 15.7 Å². The molecule has 1 atom stereocenters. The molecular formula is C16H24BrN3O2. The predicted octanol–water partition coefficient (Wildman–Crippen LogP) is 2.62. The normalized spacial score (nSPS) is 12.9. The first-order chi connectivity index (χ1) is 10.1. The molecule has 0 heterocycles. The van der Waals surface area contributed by atoms with Crippen LogP contribution in [0.4, 0.5) is 5.69 Å². The van der Waals surface area contributed by atoms with Crippen molar-refractivity contribution in [1.82, 2.24) is 10.2 Å². The van der Waals surface area contributed by atoms with Crippen molar-refractivity contribution in [2.24, 2.45) is 0 Å². The highest BCUT2D eigenvalue weighted by molar-refractivity contribution is 9.10. The molecule has 0 spiro atoms. The molecule has 0 aromatic heterocycles. The van der Waals surface area contributed by atoms with E-state index in [0.29, 0.717) is 0 Å². The number of hydrogen-bond donors (Lipinski definition) is 2. The van der Waals surface area contributed by atoms with Gasteiger partial charge in [-0.15, -0.1) is 0 Å². The van der Waals surface area contributed by atoms with Crippen molar-refractivity contribution in [3.05, 3.63) is 28.7 Å². The maximum Gasteiger partial charge on any atom is 0.241 e. The van der Waals surface area contributed by atoms with Crippen LogP contribution in [0, 0.1) is 0 Å². The van der Waals surface area contributed by atoms with E-state index in [4.69, 9.17) is 0 Å². The first kappa shape index (κ1) is 18.6. The van der Waals surface area contributed by atoms with E-state index in [1.807, 2.05) is 45.0 Å². The Hall–Kier alpha value is -1.40. The zero-order chi connectivity index (χ0) is 16.9. The first-order valence-corrected chi connectivity index (χ1v) is 7.95. The molecule has 2 N–H and O–H groups in total. The second-order valence-electron chi connectivity index (χ2n) is 6.39. The van der Waals surface area contributed by atoms with Crippen LogP contribution >= 0.6 is 15.9 Å². The summed E-state index contributed by atoms with van der Waals surface area (Å²) in [5.41, 5.74) is 0.452. The third-order valence-electron chi connectivity index (χ3n) is 3.06. The van der Waals surface area contributed by atoms with Gasteiger partial charge in [-0.05, 0) is 59.0 Å². The fourth-order valence-electron chi connectivity index (χ4n) is 1.80. The highest BCUT2D eigenvalue weighted by Crippen LogP contribution is 2.14. The predicted molar refractivity (Wildman–Crippen MR) is 92.8 cm³/mol. The van der Waals surface area contributed by atoms with Gasteiger partial charge in [0.15, 0.2) is 0 Å². The number of hydrogen-bond acceptors (Lipinski definition) is 3. The monoisotopic (exact) mass is 369 g/mol. The Morgan fingerprint density at radius 2 is 1.77 bits per heavy atom. The lowest BCUT2D eigenvalue weighted by Crippen LogP contribution is -2.49. The van der Waals surface area contributed by atoms with Crippen molar-refractivity contribution >= 4 is 33.4 Å². The topological polar surface area (TPSA) is 61.4 Å². The van der Waals surface area contributed by atoms with Crippen LogP contribution in [0.5, 0.6) is 0 Å². The number of nitrogens with zero attached hydrogens (tertiary/aromatic N) is 1. The van der Waals surface area contributed by atoms with Crippen LogP contribution in [0.1, 0.15) is 27.7 Å². The Morgan fingerprint density at radius 3 is 2.27 bits per heavy atom. The molecule has 2 amide bonds. The molecule has 6 heteroatoms. The lowest BCUT2D eigenvalue weighted by atomic mass is 10.1. The van der Waals surface area contributed by atoms with Crippen LogP contribution < -0.4 is 10.6 Å². The molecule has 0 aliphatic carbocycles. The number of anilines is 1. The quantitative estimate of drug-likeness (QED) is 0.838. The zero-order valence-electron chi connectivity index (χ0n) is 13.7. The third kappa shape index (κ3) is 6.58. The number of carbonyl (C=O) groups is 2. The summed E-state index contributed by atoms with van der Waals surface area (Å²) < 4.78 is 0.953. The number of carbonyl (C=O) groups excluding carboxylic acids is 2. The summed E-state index contributed by atoms with van der Waals surface area (Å²) in [5, 5.41) is 5.72. The highest BCUT2D eigenvalue weighted by Gasteiger charge is 2.22. The SMILES string of the molecule is C[C@@H](C(=O)Nc1ccc(Br)cc1)N(C)CC(=O)NC(C)(C)C. The van der Waals surface area contributed by atoms with Crippen LogP contribution in [0.25, 0.3) is 0 Å². The van der Waals surface area contributed by atoms with E-state index in [1.54, 1.807) is 18.9 Å². The third-order valence-corrected chi connectivity index (χ3v) is 3.59. The van der Waals surface area contributed by atoms with Crippen molar-refractivity contribution in [2.45, 2.75) is 39.3 Å². The number of benzene rings is 1. The van der Waals surface area contributed by atoms with Gasteiger partial charge in [-0.1, -0.05) is 15.9 Å². The van der Waals surface area contributed by atoms with Crippen molar-refractivity contribution < 1.29 is 9.59 Å². The first-order valence-electron chi connectivity index (χ1n) is 7.16. The summed E-state index contributed by atoms with van der Waals surface area (Å²) >= 11 is 3.35. The molecule has 1 aromatic rings. The van der Waals surface area contributed by atoms with E-state index in [2.05, 4.69) is 26.6 Å². The number of amides is 2. The molecular weight excluding hydrogens is 346 g/mol. The Balaban J connectivity index is 2.54. The van der Waals surface area contributed by atoms with Crippen LogP contribution in [-0.2, 0) is 9.59 Å². The van der Waals surface area contributed by atoms with Crippen molar-refractivity contribution in [3.8, 4) is 0 Å². The van der Waals surface area contributed by atoms with Crippen LogP contribution in [0.2, 0.25) is 0 Å². The average molecular weight is 370 g/mol. The molecule has 0 aliphatic heterocycles. The molecule has 0 bridgehead atoms. The van der Waals surface area contributed by atoms with Crippen molar-refractivity contribution in [3.63, 3.8) is 0 Å². The molecule has 0 fully saturated rings. The van der Waals surface area contributed by atoms with Gasteiger partial charge in [-0.25, -0.2) is 0 Å². The van der Waals surface area contributed by atoms with Crippen LogP contribution in [0.3, 0.4) is 0 Å². The Morgan fingerprint density at radius 1 is 1.23 bits per heavy atom. The summed E-state index contributed by atoms with van der Waals surface area (Å²) in [6.07, 6.45) is 0. The van der Waals surface area contributed by atoms with Gasteiger partial charge < -0.3 is 10.6 Å². The van der Waals surface area contributed by atoms with Gasteiger partial charge in [-0.2, -0.15) is 0 Å². The maximum atomic E-state index is 12.2. The van der Waals surface area contributed by atoms with Crippen molar-refractivity contribution in [2.75, 3.05) is 18.9 Å². The fourth-order valence-corrected chi connectivity index (χ4v) is 2.07. The molecule has 0 unspecified atom stereocenters. The van der Waals surface area contributed by atoms with E-state index in [1.165, 1.54) is 0 Å². The minimum atomic E-state index is -0.408. The standard InChI is InChI=1S/C16H24BrN3O2/c1-11(20(5)10-14(21)19-16(2,3)4)15(22)18-13-8-6-12(17)7-9-13/h6-9,11H,10H2,1-5H3,(H,18,22)(H,19,21)/t11-/m0/s1. The lowest BCUT2D eigenvalue weighted by Gasteiger charge is -2.26. The number of rotatable bonds is 5. The van der Waals surface area contributed by atoms with Gasteiger partial charge in [0.25, 0.3) is 0 Å². The van der Waals surface area contributed by atoms with Gasteiger partial charge >= 0.3 is 0 Å². The Bertz CT molecular complexity index is 523. The molecule has 1 aromatic carbocycles. The molecule has 0 saturated heterocycles. The highest BCUT2D eigenvalue weighted by atomic mass is 79.9. The molecule has 1 rings (SSSR count). The second-order valence-corrected chi connectivity index (χ2v) is 7.30. The molecule has 0 saturated carbocycles. The summed E-state index contributed by atoms with van der Waals surface area (Å²) in [5.74, 6) is -0.244. The van der Waals surface area contributed by atoms with E-state index >= 15 is 0 Å². The van der Waals surface area contributed by atoms with E-state index in [-0.39, 0.29) is 23.9 Å². The zero-order valence-corrected chi connectivity index (χ0v) is 15.3. The van der Waals surface area contributed by atoms with Crippen molar-refractivity contribution in [1.29, 1.82) is 0 Å². The number of likely N-dealkylation sites (N-methyl/N-ethyl adjacent to an activating group) is 1. The van der Waals surface area contributed by atoms with Gasteiger partial charge in [0.2, 0.25) is 11.8 Å². The number of nitrogens with one attached hydrogen (secondary N) is 2. The molecule has 122 valence electrons. The number of halogens is 1. The molecule has 0 radical (unpaired) electrons. The van der Waals surface area contributed by atoms with E-state index in [0.717, 1.165) is 10.2 Å². The molecule has 5 nitrogen and oxygen atoms in total. The minimum absolute atomic E-state index is 0.0988. The van der Waals surface area contributed by atoms with E-state index in [9.17, 15) is 9.59 Å². The van der Waals surface area contributed by atoms with E-state index < -0.39 is 6.04 Å².